The molecule has 1 N–H and O–H groups in total. The van der Waals surface area contributed by atoms with Crippen LogP contribution in [0.15, 0.2) is 16.6 Å². The van der Waals surface area contributed by atoms with Gasteiger partial charge in [0.25, 0.3) is 0 Å². The van der Waals surface area contributed by atoms with Crippen molar-refractivity contribution in [3.8, 4) is 6.07 Å². The maximum atomic E-state index is 10.5. The van der Waals surface area contributed by atoms with E-state index in [1.165, 1.54) is 0 Å². The Morgan fingerprint density at radius 3 is 2.79 bits per heavy atom. The molecule has 0 atom stereocenters. The number of benzene rings is 1. The normalized spacial score (nSPS) is 9.50. The molecule has 0 radical (unpaired) electrons. The average Bonchev–Trinajstić information content (AvgIpc) is 2.10. The van der Waals surface area contributed by atoms with E-state index < -0.39 is 5.97 Å². The molecule has 0 aromatic heterocycles. The molecule has 0 aliphatic carbocycles. The van der Waals surface area contributed by atoms with E-state index in [2.05, 4.69) is 38.5 Å². The molecule has 0 spiro atoms. The Hall–Kier alpha value is -0.610. The first-order chi connectivity index (χ1) is 6.54. The Labute approximate surface area is 103 Å². The summed E-state index contributed by atoms with van der Waals surface area (Å²) in [7, 11) is 0. The highest BCUT2D eigenvalue weighted by molar-refractivity contribution is 14.1. The second-order valence-corrected chi connectivity index (χ2v) is 4.58. The van der Waals surface area contributed by atoms with E-state index >= 15 is 0 Å². The molecule has 0 saturated carbocycles. The predicted molar refractivity (Wildman–Crippen MR) is 62.9 cm³/mol. The number of aliphatic carboxylic acids is 1. The molecule has 0 aliphatic heterocycles. The third-order valence-electron chi connectivity index (χ3n) is 1.56. The van der Waals surface area contributed by atoms with Gasteiger partial charge in [0.2, 0.25) is 0 Å². The standard InChI is InChI=1S/C9H5BrINO2/c10-9-6(4-12)1-5(2-7(9)11)3-8(13)14/h1-2H,3H2,(H,13,14). The minimum atomic E-state index is -0.896. The summed E-state index contributed by atoms with van der Waals surface area (Å²) >= 11 is 5.32. The summed E-state index contributed by atoms with van der Waals surface area (Å²) in [6.07, 6.45) is -0.0576. The molecule has 14 heavy (non-hydrogen) atoms. The topological polar surface area (TPSA) is 61.1 Å². The van der Waals surface area contributed by atoms with Crippen molar-refractivity contribution in [3.63, 3.8) is 0 Å². The third-order valence-corrected chi connectivity index (χ3v) is 4.01. The maximum absolute atomic E-state index is 10.5. The fraction of sp³-hybridized carbons (Fsp3) is 0.111. The van der Waals surface area contributed by atoms with Gasteiger partial charge in [-0.2, -0.15) is 5.26 Å². The Kier molecular flexibility index (Phi) is 3.89. The van der Waals surface area contributed by atoms with E-state index in [1.54, 1.807) is 12.1 Å². The van der Waals surface area contributed by atoms with Gasteiger partial charge in [-0.15, -0.1) is 0 Å². The average molecular weight is 366 g/mol. The van der Waals surface area contributed by atoms with Crippen molar-refractivity contribution in [2.75, 3.05) is 0 Å². The number of carbonyl (C=O) groups is 1. The van der Waals surface area contributed by atoms with Crippen molar-refractivity contribution in [1.29, 1.82) is 5.26 Å². The SMILES string of the molecule is N#Cc1cc(CC(=O)O)cc(I)c1Br. The van der Waals surface area contributed by atoms with Crippen LogP contribution in [0.5, 0.6) is 0 Å². The number of rotatable bonds is 2. The van der Waals surface area contributed by atoms with Crippen molar-refractivity contribution in [3.05, 3.63) is 31.3 Å². The first-order valence-electron chi connectivity index (χ1n) is 3.64. The number of carboxylic acid groups (broad SMARTS) is 1. The van der Waals surface area contributed by atoms with Crippen LogP contribution in [0.25, 0.3) is 0 Å². The van der Waals surface area contributed by atoms with E-state index in [4.69, 9.17) is 10.4 Å². The van der Waals surface area contributed by atoms with Gasteiger partial charge in [-0.05, 0) is 56.2 Å². The molecule has 1 aromatic rings. The Balaban J connectivity index is 3.18. The molecule has 72 valence electrons. The number of hydrogen-bond acceptors (Lipinski definition) is 2. The number of nitriles is 1. The summed E-state index contributed by atoms with van der Waals surface area (Å²) in [6, 6.07) is 5.34. The number of nitrogens with zero attached hydrogens (tertiary/aromatic N) is 1. The van der Waals surface area contributed by atoms with E-state index in [0.717, 1.165) is 8.04 Å². The lowest BCUT2D eigenvalue weighted by atomic mass is 10.1. The quantitative estimate of drug-likeness (QED) is 0.819. The molecule has 0 unspecified atom stereocenters. The first kappa shape index (κ1) is 11.5. The van der Waals surface area contributed by atoms with Crippen LogP contribution in [0, 0.1) is 14.9 Å². The van der Waals surface area contributed by atoms with Crippen molar-refractivity contribution in [1.82, 2.24) is 0 Å². The smallest absolute Gasteiger partial charge is 0.307 e. The zero-order valence-corrected chi connectivity index (χ0v) is 10.7. The van der Waals surface area contributed by atoms with Crippen molar-refractivity contribution < 1.29 is 9.90 Å². The molecule has 0 bridgehead atoms. The van der Waals surface area contributed by atoms with Gasteiger partial charge in [-0.3, -0.25) is 4.79 Å². The molecule has 0 fully saturated rings. The lowest BCUT2D eigenvalue weighted by Crippen LogP contribution is -2.01. The Bertz CT molecular complexity index is 426. The van der Waals surface area contributed by atoms with Gasteiger partial charge in [0.15, 0.2) is 0 Å². The minimum absolute atomic E-state index is 0.0576. The van der Waals surface area contributed by atoms with Crippen LogP contribution in [0.1, 0.15) is 11.1 Å². The zero-order chi connectivity index (χ0) is 10.7. The van der Waals surface area contributed by atoms with E-state index in [9.17, 15) is 4.79 Å². The second kappa shape index (κ2) is 4.75. The molecular weight excluding hydrogens is 361 g/mol. The summed E-state index contributed by atoms with van der Waals surface area (Å²) < 4.78 is 1.56. The summed E-state index contributed by atoms with van der Waals surface area (Å²) in [5.74, 6) is -0.896. The fourth-order valence-electron chi connectivity index (χ4n) is 1.00. The van der Waals surface area contributed by atoms with E-state index in [0.29, 0.717) is 11.1 Å². The maximum Gasteiger partial charge on any atom is 0.307 e. The Morgan fingerprint density at radius 1 is 1.64 bits per heavy atom. The van der Waals surface area contributed by atoms with Crippen LogP contribution in [-0.4, -0.2) is 11.1 Å². The molecule has 3 nitrogen and oxygen atoms in total. The van der Waals surface area contributed by atoms with Gasteiger partial charge in [0.05, 0.1) is 12.0 Å². The van der Waals surface area contributed by atoms with E-state index in [1.807, 2.05) is 6.07 Å². The van der Waals surface area contributed by atoms with Crippen LogP contribution in [0.3, 0.4) is 0 Å². The molecule has 0 saturated heterocycles. The highest BCUT2D eigenvalue weighted by Gasteiger charge is 2.08. The predicted octanol–water partition coefficient (Wildman–Crippen LogP) is 2.55. The molecule has 0 heterocycles. The minimum Gasteiger partial charge on any atom is -0.481 e. The molecule has 0 aliphatic rings. The number of halogens is 2. The van der Waals surface area contributed by atoms with Crippen molar-refractivity contribution in [2.45, 2.75) is 6.42 Å². The number of hydrogen-bond donors (Lipinski definition) is 1. The third kappa shape index (κ3) is 2.69. The second-order valence-electron chi connectivity index (χ2n) is 2.62. The van der Waals surface area contributed by atoms with Crippen molar-refractivity contribution >= 4 is 44.5 Å². The van der Waals surface area contributed by atoms with Crippen molar-refractivity contribution in [2.24, 2.45) is 0 Å². The monoisotopic (exact) mass is 365 g/mol. The lowest BCUT2D eigenvalue weighted by molar-refractivity contribution is -0.136. The molecule has 5 heteroatoms. The molecule has 1 rings (SSSR count). The van der Waals surface area contributed by atoms with Gasteiger partial charge in [-0.1, -0.05) is 0 Å². The summed E-state index contributed by atoms with van der Waals surface area (Å²) in [5.41, 5.74) is 1.11. The summed E-state index contributed by atoms with van der Waals surface area (Å²) in [6.45, 7) is 0. The van der Waals surface area contributed by atoms with Gasteiger partial charge >= 0.3 is 5.97 Å². The van der Waals surface area contributed by atoms with Gasteiger partial charge in [0, 0.05) is 8.04 Å². The number of carboxylic acids is 1. The van der Waals surface area contributed by atoms with Crippen LogP contribution in [0.2, 0.25) is 0 Å². The molecular formula is C9H5BrINO2. The first-order valence-corrected chi connectivity index (χ1v) is 5.51. The summed E-state index contributed by atoms with van der Waals surface area (Å²) in [5, 5.41) is 17.4. The molecule has 1 aromatic carbocycles. The fourth-order valence-corrected chi connectivity index (χ4v) is 2.01. The Morgan fingerprint density at radius 2 is 2.29 bits per heavy atom. The van der Waals surface area contributed by atoms with Gasteiger partial charge in [0.1, 0.15) is 6.07 Å². The van der Waals surface area contributed by atoms with E-state index in [-0.39, 0.29) is 6.42 Å². The van der Waals surface area contributed by atoms with Crippen LogP contribution < -0.4 is 0 Å². The summed E-state index contributed by atoms with van der Waals surface area (Å²) in [4.78, 5) is 10.5. The van der Waals surface area contributed by atoms with Gasteiger partial charge in [-0.25, -0.2) is 0 Å². The lowest BCUT2D eigenvalue weighted by Gasteiger charge is -2.02. The molecule has 0 amide bonds. The van der Waals surface area contributed by atoms with Crippen LogP contribution in [0.4, 0.5) is 0 Å². The highest BCUT2D eigenvalue weighted by Crippen LogP contribution is 2.25. The highest BCUT2D eigenvalue weighted by atomic mass is 127. The van der Waals surface area contributed by atoms with Gasteiger partial charge < -0.3 is 5.11 Å². The van der Waals surface area contributed by atoms with Crippen LogP contribution >= 0.6 is 38.5 Å². The largest absolute Gasteiger partial charge is 0.481 e. The van der Waals surface area contributed by atoms with Crippen LogP contribution in [-0.2, 0) is 11.2 Å². The zero-order valence-electron chi connectivity index (χ0n) is 6.92.